The Hall–Kier alpha value is -1.38. The molecule has 1 aromatic rings. The van der Waals surface area contributed by atoms with Crippen LogP contribution in [0.15, 0.2) is 12.1 Å². The highest BCUT2D eigenvalue weighted by atomic mass is 35.5. The quantitative estimate of drug-likeness (QED) is 0.864. The van der Waals surface area contributed by atoms with Crippen molar-refractivity contribution >= 4 is 12.4 Å². The van der Waals surface area contributed by atoms with E-state index in [2.05, 4.69) is 0 Å². The Kier molecular flexibility index (Phi) is 7.08. The van der Waals surface area contributed by atoms with Gasteiger partial charge in [-0.1, -0.05) is 0 Å². The summed E-state index contributed by atoms with van der Waals surface area (Å²) >= 11 is 0. The Morgan fingerprint density at radius 1 is 1.05 bits per heavy atom. The van der Waals surface area contributed by atoms with E-state index < -0.39 is 18.3 Å². The molecule has 0 spiro atoms. The third kappa shape index (κ3) is 4.05. The van der Waals surface area contributed by atoms with Crippen molar-refractivity contribution in [3.8, 4) is 17.2 Å². The number of methoxy groups -OCH3 is 3. The molecule has 0 heterocycles. The molecule has 0 saturated heterocycles. The van der Waals surface area contributed by atoms with Crippen LogP contribution in [0.4, 0.5) is 13.2 Å². The van der Waals surface area contributed by atoms with E-state index in [4.69, 9.17) is 19.9 Å². The fourth-order valence-electron chi connectivity index (χ4n) is 1.76. The van der Waals surface area contributed by atoms with Crippen LogP contribution >= 0.6 is 12.4 Å². The molecule has 9 heteroatoms. The second-order valence-corrected chi connectivity index (χ2v) is 3.94. The van der Waals surface area contributed by atoms with E-state index in [0.29, 0.717) is 0 Å². The highest BCUT2D eigenvalue weighted by Gasteiger charge is 2.43. The summed E-state index contributed by atoms with van der Waals surface area (Å²) < 4.78 is 52.7. The first-order chi connectivity index (χ1) is 9.27. The van der Waals surface area contributed by atoms with Gasteiger partial charge in [-0.3, -0.25) is 0 Å². The lowest BCUT2D eigenvalue weighted by Crippen LogP contribution is -2.39. The molecular weight excluding hydrogens is 315 g/mol. The zero-order valence-electron chi connectivity index (χ0n) is 11.6. The van der Waals surface area contributed by atoms with E-state index >= 15 is 0 Å². The zero-order valence-corrected chi connectivity index (χ0v) is 12.4. The summed E-state index contributed by atoms with van der Waals surface area (Å²) in [4.78, 5) is 0. The van der Waals surface area contributed by atoms with Gasteiger partial charge in [0.25, 0.3) is 0 Å². The summed E-state index contributed by atoms with van der Waals surface area (Å²) in [7, 11) is 3.95. The predicted octanol–water partition coefficient (Wildman–Crippen LogP) is 2.06. The molecule has 1 rings (SSSR count). The third-order valence-electron chi connectivity index (χ3n) is 2.77. The first kappa shape index (κ1) is 19.6. The summed E-state index contributed by atoms with van der Waals surface area (Å²) in [5.41, 5.74) is 5.44. The lowest BCUT2D eigenvalue weighted by molar-refractivity contribution is -0.210. The fraction of sp³-hybridized carbons (Fsp3) is 0.500. The normalized spacial score (nSPS) is 13.9. The molecule has 5 nitrogen and oxygen atoms in total. The van der Waals surface area contributed by atoms with Crippen molar-refractivity contribution in [2.45, 2.75) is 18.3 Å². The zero-order chi connectivity index (χ0) is 15.5. The van der Waals surface area contributed by atoms with Crippen molar-refractivity contribution in [2.24, 2.45) is 5.73 Å². The van der Waals surface area contributed by atoms with Crippen LogP contribution < -0.4 is 19.9 Å². The van der Waals surface area contributed by atoms with Crippen LogP contribution in [-0.4, -0.2) is 38.7 Å². The average molecular weight is 332 g/mol. The minimum absolute atomic E-state index is 0. The van der Waals surface area contributed by atoms with Gasteiger partial charge in [-0.15, -0.1) is 12.4 Å². The van der Waals surface area contributed by atoms with Crippen molar-refractivity contribution in [3.63, 3.8) is 0 Å². The molecule has 2 atom stereocenters. The highest BCUT2D eigenvalue weighted by Crippen LogP contribution is 2.43. The molecule has 1 aromatic carbocycles. The molecule has 0 fully saturated rings. The molecular formula is C12H17ClF3NO4. The first-order valence-corrected chi connectivity index (χ1v) is 5.57. The third-order valence-corrected chi connectivity index (χ3v) is 2.77. The number of aliphatic hydroxyl groups excluding tert-OH is 1. The Bertz CT molecular complexity index is 471. The second-order valence-electron chi connectivity index (χ2n) is 3.94. The Morgan fingerprint density at radius 2 is 1.57 bits per heavy atom. The van der Waals surface area contributed by atoms with Gasteiger partial charge in [0.15, 0.2) is 17.6 Å². The number of hydrogen-bond acceptors (Lipinski definition) is 5. The molecule has 122 valence electrons. The number of alkyl halides is 3. The van der Waals surface area contributed by atoms with Gasteiger partial charge >= 0.3 is 6.18 Å². The average Bonchev–Trinajstić information content (AvgIpc) is 2.42. The molecule has 0 radical (unpaired) electrons. The minimum atomic E-state index is -4.84. The van der Waals surface area contributed by atoms with Crippen LogP contribution in [0, 0.1) is 0 Å². The van der Waals surface area contributed by atoms with Crippen LogP contribution in [0.5, 0.6) is 17.2 Å². The van der Waals surface area contributed by atoms with E-state index in [0.717, 1.165) is 0 Å². The number of ether oxygens (including phenoxy) is 3. The van der Waals surface area contributed by atoms with Crippen molar-refractivity contribution in [1.82, 2.24) is 0 Å². The van der Waals surface area contributed by atoms with Crippen LogP contribution in [0.2, 0.25) is 0 Å². The summed E-state index contributed by atoms with van der Waals surface area (Å²) in [6.07, 6.45) is -7.55. The molecule has 0 aromatic heterocycles. The van der Waals surface area contributed by atoms with Gasteiger partial charge in [0, 0.05) is 5.56 Å². The summed E-state index contributed by atoms with van der Waals surface area (Å²) in [5, 5.41) is 9.24. The summed E-state index contributed by atoms with van der Waals surface area (Å²) in [6, 6.07) is 0.976. The Morgan fingerprint density at radius 3 is 1.95 bits per heavy atom. The van der Waals surface area contributed by atoms with E-state index in [-0.39, 0.29) is 35.2 Å². The number of benzene rings is 1. The summed E-state index contributed by atoms with van der Waals surface area (Å²) in [6.45, 7) is 0. The number of nitrogens with two attached hydrogens (primary N) is 1. The lowest BCUT2D eigenvalue weighted by atomic mass is 10.00. The van der Waals surface area contributed by atoms with Crippen LogP contribution in [0.3, 0.4) is 0 Å². The van der Waals surface area contributed by atoms with E-state index in [1.165, 1.54) is 33.5 Å². The number of rotatable bonds is 5. The number of hydrogen-bond donors (Lipinski definition) is 2. The van der Waals surface area contributed by atoms with Gasteiger partial charge in [-0.25, -0.2) is 0 Å². The predicted molar refractivity (Wildman–Crippen MR) is 72.3 cm³/mol. The van der Waals surface area contributed by atoms with E-state index in [1.54, 1.807) is 0 Å². The molecule has 0 saturated carbocycles. The summed E-state index contributed by atoms with van der Waals surface area (Å²) in [5.74, 6) is 0.377. The Balaban J connectivity index is 0.00000400. The molecule has 0 amide bonds. The van der Waals surface area contributed by atoms with Crippen LogP contribution in [0.1, 0.15) is 11.6 Å². The second kappa shape index (κ2) is 7.58. The molecule has 3 N–H and O–H groups in total. The largest absolute Gasteiger partial charge is 0.493 e. The standard InChI is InChI=1S/C12H16F3NO4.ClH/c1-18-7-5-4-6(9(19-2)10(7)20-3)8(16)11(17)12(13,14)15;/h4-5,8,11,17H,16H2,1-3H3;1H/t8-,11-;/m0./s1. The van der Waals surface area contributed by atoms with Crippen LogP contribution in [0.25, 0.3) is 0 Å². The maximum Gasteiger partial charge on any atom is 0.416 e. The molecule has 21 heavy (non-hydrogen) atoms. The molecule has 0 bridgehead atoms. The van der Waals surface area contributed by atoms with Gasteiger partial charge in [-0.2, -0.15) is 13.2 Å². The lowest BCUT2D eigenvalue weighted by Gasteiger charge is -2.24. The van der Waals surface area contributed by atoms with Crippen molar-refractivity contribution in [1.29, 1.82) is 0 Å². The maximum absolute atomic E-state index is 12.5. The number of aliphatic hydroxyl groups is 1. The highest BCUT2D eigenvalue weighted by molar-refractivity contribution is 5.85. The Labute approximate surface area is 126 Å². The molecule has 0 unspecified atom stereocenters. The smallest absolute Gasteiger partial charge is 0.416 e. The maximum atomic E-state index is 12.5. The fourth-order valence-corrected chi connectivity index (χ4v) is 1.76. The van der Waals surface area contributed by atoms with Gasteiger partial charge < -0.3 is 25.1 Å². The monoisotopic (exact) mass is 331 g/mol. The van der Waals surface area contributed by atoms with Gasteiger partial charge in [-0.05, 0) is 12.1 Å². The number of halogens is 4. The SMILES string of the molecule is COc1ccc([C@H](N)[C@H](O)C(F)(F)F)c(OC)c1OC.Cl. The van der Waals surface area contributed by atoms with E-state index in [9.17, 15) is 18.3 Å². The minimum Gasteiger partial charge on any atom is -0.493 e. The van der Waals surface area contributed by atoms with Crippen molar-refractivity contribution in [2.75, 3.05) is 21.3 Å². The topological polar surface area (TPSA) is 73.9 Å². The van der Waals surface area contributed by atoms with Crippen LogP contribution in [-0.2, 0) is 0 Å². The van der Waals surface area contributed by atoms with E-state index in [1.807, 2.05) is 0 Å². The van der Waals surface area contributed by atoms with Gasteiger partial charge in [0.05, 0.1) is 27.4 Å². The van der Waals surface area contributed by atoms with Gasteiger partial charge in [0.1, 0.15) is 0 Å². The molecule has 0 aliphatic heterocycles. The van der Waals surface area contributed by atoms with Crippen molar-refractivity contribution < 1.29 is 32.5 Å². The first-order valence-electron chi connectivity index (χ1n) is 5.57. The molecule has 0 aliphatic rings. The van der Waals surface area contributed by atoms with Crippen molar-refractivity contribution in [3.05, 3.63) is 17.7 Å². The van der Waals surface area contributed by atoms with Gasteiger partial charge in [0.2, 0.25) is 5.75 Å². The molecule has 0 aliphatic carbocycles.